The zero-order chi connectivity index (χ0) is 16.2. The first-order chi connectivity index (χ1) is 10.4. The summed E-state index contributed by atoms with van der Waals surface area (Å²) in [5.74, 6) is -0.774. The fraction of sp³-hybridized carbons (Fsp3) is 0.500. The second-order valence-corrected chi connectivity index (χ2v) is 6.16. The van der Waals surface area contributed by atoms with Gasteiger partial charge in [0.2, 0.25) is 11.8 Å². The Hall–Kier alpha value is -1.66. The van der Waals surface area contributed by atoms with Crippen LogP contribution >= 0.6 is 12.4 Å². The standard InChI is InChI=1S/C16H22FN3O2.ClH/c1-16(10-18)5-6-20(11-16)15(22)9-19-14(21)8-12-3-2-4-13(17)7-12;/h2-4,7H,5-6,8-11,18H2,1H3,(H,19,21);1H. The normalized spacial score (nSPS) is 20.0. The minimum absolute atomic E-state index is 0. The molecular formula is C16H23ClFN3O2. The van der Waals surface area contributed by atoms with Crippen molar-refractivity contribution in [2.45, 2.75) is 19.8 Å². The Morgan fingerprint density at radius 2 is 2.17 bits per heavy atom. The summed E-state index contributed by atoms with van der Waals surface area (Å²) in [7, 11) is 0. The molecule has 1 unspecified atom stereocenters. The van der Waals surface area contributed by atoms with Gasteiger partial charge >= 0.3 is 0 Å². The van der Waals surface area contributed by atoms with Crippen LogP contribution in [0.2, 0.25) is 0 Å². The number of rotatable bonds is 5. The van der Waals surface area contributed by atoms with E-state index >= 15 is 0 Å². The van der Waals surface area contributed by atoms with Crippen LogP contribution in [0.1, 0.15) is 18.9 Å². The number of carbonyl (C=O) groups is 2. The van der Waals surface area contributed by atoms with E-state index in [1.807, 2.05) is 0 Å². The molecule has 1 aliphatic heterocycles. The second kappa shape index (κ2) is 8.26. The Morgan fingerprint density at radius 3 is 2.78 bits per heavy atom. The highest BCUT2D eigenvalue weighted by Gasteiger charge is 2.34. The lowest BCUT2D eigenvalue weighted by Gasteiger charge is -2.22. The molecule has 2 amide bonds. The molecule has 5 nitrogen and oxygen atoms in total. The molecule has 0 saturated carbocycles. The number of hydrogen-bond acceptors (Lipinski definition) is 3. The Bertz CT molecular complexity index is 570. The van der Waals surface area contributed by atoms with Crippen LogP contribution in [0.3, 0.4) is 0 Å². The molecule has 1 aromatic carbocycles. The van der Waals surface area contributed by atoms with Gasteiger partial charge in [-0.05, 0) is 36.1 Å². The molecule has 1 aromatic rings. The topological polar surface area (TPSA) is 75.4 Å². The van der Waals surface area contributed by atoms with Crippen LogP contribution in [0.4, 0.5) is 4.39 Å². The first-order valence-corrected chi connectivity index (χ1v) is 7.41. The second-order valence-electron chi connectivity index (χ2n) is 6.16. The first kappa shape index (κ1) is 19.4. The van der Waals surface area contributed by atoms with Gasteiger partial charge in [-0.15, -0.1) is 12.4 Å². The summed E-state index contributed by atoms with van der Waals surface area (Å²) in [4.78, 5) is 25.6. The van der Waals surface area contributed by atoms with Crippen molar-refractivity contribution in [1.29, 1.82) is 0 Å². The van der Waals surface area contributed by atoms with Gasteiger partial charge in [0.15, 0.2) is 0 Å². The summed E-state index contributed by atoms with van der Waals surface area (Å²) in [6, 6.07) is 5.87. The minimum Gasteiger partial charge on any atom is -0.347 e. The molecule has 0 radical (unpaired) electrons. The summed E-state index contributed by atoms with van der Waals surface area (Å²) < 4.78 is 13.0. The van der Waals surface area contributed by atoms with Gasteiger partial charge in [-0.3, -0.25) is 9.59 Å². The third-order valence-electron chi connectivity index (χ3n) is 4.09. The lowest BCUT2D eigenvalue weighted by atomic mass is 9.90. The SMILES string of the molecule is CC1(CN)CCN(C(=O)CNC(=O)Cc2cccc(F)c2)C1.Cl. The van der Waals surface area contributed by atoms with Crippen LogP contribution in [0.5, 0.6) is 0 Å². The molecule has 128 valence electrons. The van der Waals surface area contributed by atoms with Crippen LogP contribution in [0.15, 0.2) is 24.3 Å². The molecule has 2 rings (SSSR count). The van der Waals surface area contributed by atoms with E-state index in [2.05, 4.69) is 12.2 Å². The van der Waals surface area contributed by atoms with Gasteiger partial charge in [-0.25, -0.2) is 4.39 Å². The zero-order valence-corrected chi connectivity index (χ0v) is 14.0. The number of halogens is 2. The zero-order valence-electron chi connectivity index (χ0n) is 13.2. The quantitative estimate of drug-likeness (QED) is 0.840. The van der Waals surface area contributed by atoms with Crippen molar-refractivity contribution in [2.24, 2.45) is 11.1 Å². The number of nitrogens with zero attached hydrogens (tertiary/aromatic N) is 1. The molecule has 1 heterocycles. The Balaban J connectivity index is 0.00000264. The summed E-state index contributed by atoms with van der Waals surface area (Å²) in [5.41, 5.74) is 6.27. The van der Waals surface area contributed by atoms with Crippen molar-refractivity contribution >= 4 is 24.2 Å². The maximum Gasteiger partial charge on any atom is 0.241 e. The Morgan fingerprint density at radius 1 is 1.43 bits per heavy atom. The van der Waals surface area contributed by atoms with Crippen LogP contribution in [0, 0.1) is 11.2 Å². The number of likely N-dealkylation sites (tertiary alicyclic amines) is 1. The molecule has 1 atom stereocenters. The third-order valence-corrected chi connectivity index (χ3v) is 4.09. The van der Waals surface area contributed by atoms with Gasteiger partial charge < -0.3 is 16.0 Å². The van der Waals surface area contributed by atoms with Crippen LogP contribution in [-0.2, 0) is 16.0 Å². The molecule has 0 spiro atoms. The number of benzene rings is 1. The summed E-state index contributed by atoms with van der Waals surface area (Å²) in [5, 5.41) is 2.59. The van der Waals surface area contributed by atoms with Gasteiger partial charge in [-0.1, -0.05) is 19.1 Å². The van der Waals surface area contributed by atoms with E-state index in [-0.39, 0.29) is 48.4 Å². The summed E-state index contributed by atoms with van der Waals surface area (Å²) in [6.45, 7) is 3.87. The smallest absolute Gasteiger partial charge is 0.241 e. The first-order valence-electron chi connectivity index (χ1n) is 7.41. The number of nitrogens with two attached hydrogens (primary N) is 1. The third kappa shape index (κ3) is 5.48. The van der Waals surface area contributed by atoms with E-state index in [0.717, 1.165) is 6.42 Å². The summed E-state index contributed by atoms with van der Waals surface area (Å²) in [6.07, 6.45) is 0.942. The molecule has 1 aliphatic rings. The van der Waals surface area contributed by atoms with Gasteiger partial charge in [0.25, 0.3) is 0 Å². The van der Waals surface area contributed by atoms with Gasteiger partial charge in [0.1, 0.15) is 5.82 Å². The fourth-order valence-electron chi connectivity index (χ4n) is 2.58. The van der Waals surface area contributed by atoms with E-state index in [9.17, 15) is 14.0 Å². The molecular weight excluding hydrogens is 321 g/mol. The van der Waals surface area contributed by atoms with E-state index in [4.69, 9.17) is 5.73 Å². The highest BCUT2D eigenvalue weighted by molar-refractivity contribution is 5.86. The van der Waals surface area contributed by atoms with Crippen molar-refractivity contribution in [2.75, 3.05) is 26.2 Å². The van der Waals surface area contributed by atoms with Gasteiger partial charge in [0.05, 0.1) is 13.0 Å². The number of hydrogen-bond donors (Lipinski definition) is 2. The number of amides is 2. The van der Waals surface area contributed by atoms with Crippen LogP contribution in [0.25, 0.3) is 0 Å². The Labute approximate surface area is 141 Å². The predicted octanol–water partition coefficient (Wildman–Crippen LogP) is 1.10. The van der Waals surface area contributed by atoms with Crippen molar-refractivity contribution in [3.8, 4) is 0 Å². The number of carbonyl (C=O) groups excluding carboxylic acids is 2. The molecule has 0 aliphatic carbocycles. The van der Waals surface area contributed by atoms with Crippen LogP contribution < -0.4 is 11.1 Å². The monoisotopic (exact) mass is 343 g/mol. The predicted molar refractivity (Wildman–Crippen MR) is 88.7 cm³/mol. The van der Waals surface area contributed by atoms with Gasteiger partial charge in [-0.2, -0.15) is 0 Å². The van der Waals surface area contributed by atoms with E-state index in [1.165, 1.54) is 12.1 Å². The Kier molecular flexibility index (Phi) is 6.97. The van der Waals surface area contributed by atoms with E-state index < -0.39 is 0 Å². The maximum atomic E-state index is 13.0. The molecule has 0 bridgehead atoms. The number of nitrogens with one attached hydrogen (secondary N) is 1. The average Bonchev–Trinajstić information content (AvgIpc) is 2.88. The maximum absolute atomic E-state index is 13.0. The average molecular weight is 344 g/mol. The lowest BCUT2D eigenvalue weighted by molar-refractivity contribution is -0.132. The van der Waals surface area contributed by atoms with E-state index in [0.29, 0.717) is 25.2 Å². The molecule has 23 heavy (non-hydrogen) atoms. The highest BCUT2D eigenvalue weighted by atomic mass is 35.5. The van der Waals surface area contributed by atoms with Crippen LogP contribution in [-0.4, -0.2) is 42.9 Å². The molecule has 1 fully saturated rings. The minimum atomic E-state index is -0.375. The van der Waals surface area contributed by atoms with Gasteiger partial charge in [0, 0.05) is 13.1 Å². The molecule has 3 N–H and O–H groups in total. The van der Waals surface area contributed by atoms with Crippen molar-refractivity contribution in [3.05, 3.63) is 35.6 Å². The fourth-order valence-corrected chi connectivity index (χ4v) is 2.58. The molecule has 1 saturated heterocycles. The molecule has 0 aromatic heterocycles. The largest absolute Gasteiger partial charge is 0.347 e. The molecule has 7 heteroatoms. The highest BCUT2D eigenvalue weighted by Crippen LogP contribution is 2.28. The van der Waals surface area contributed by atoms with Crippen molar-refractivity contribution in [3.63, 3.8) is 0 Å². The summed E-state index contributed by atoms with van der Waals surface area (Å²) >= 11 is 0. The van der Waals surface area contributed by atoms with Crippen molar-refractivity contribution in [1.82, 2.24) is 10.2 Å². The lowest BCUT2D eigenvalue weighted by Crippen LogP contribution is -2.41. The van der Waals surface area contributed by atoms with E-state index in [1.54, 1.807) is 17.0 Å². The van der Waals surface area contributed by atoms with Crippen molar-refractivity contribution < 1.29 is 14.0 Å².